The van der Waals surface area contributed by atoms with Crippen molar-refractivity contribution in [2.24, 2.45) is 0 Å². The van der Waals surface area contributed by atoms with E-state index in [2.05, 4.69) is 15.3 Å². The van der Waals surface area contributed by atoms with E-state index in [-0.39, 0.29) is 22.6 Å². The average molecular weight is 230 g/mol. The Balaban J connectivity index is 2.09. The van der Waals surface area contributed by atoms with Gasteiger partial charge in [-0.2, -0.15) is 0 Å². The van der Waals surface area contributed by atoms with Crippen molar-refractivity contribution in [2.45, 2.75) is 18.9 Å². The normalized spacial score (nSPS) is 21.3. The molecule has 1 saturated heterocycles. The van der Waals surface area contributed by atoms with Crippen LogP contribution in [0.3, 0.4) is 0 Å². The van der Waals surface area contributed by atoms with Crippen molar-refractivity contribution in [3.05, 3.63) is 21.7 Å². The van der Waals surface area contributed by atoms with Crippen LogP contribution in [0.4, 0.5) is 0 Å². The van der Waals surface area contributed by atoms with Crippen LogP contribution in [-0.4, -0.2) is 29.2 Å². The Morgan fingerprint density at radius 2 is 2.47 bits per heavy atom. The number of piperidine rings is 1. The van der Waals surface area contributed by atoms with E-state index in [1.54, 1.807) is 0 Å². The Morgan fingerprint density at radius 1 is 1.60 bits per heavy atom. The zero-order valence-corrected chi connectivity index (χ0v) is 8.88. The van der Waals surface area contributed by atoms with Gasteiger partial charge >= 0.3 is 0 Å². The first-order valence-corrected chi connectivity index (χ1v) is 5.25. The largest absolute Gasteiger partial charge is 0.472 e. The van der Waals surface area contributed by atoms with Crippen LogP contribution in [0, 0.1) is 0 Å². The zero-order chi connectivity index (χ0) is 10.7. The second-order valence-corrected chi connectivity index (χ2v) is 3.81. The molecule has 0 bridgehead atoms. The maximum atomic E-state index is 11.2. The number of aromatic amines is 1. The van der Waals surface area contributed by atoms with Crippen LogP contribution in [-0.2, 0) is 0 Å². The summed E-state index contributed by atoms with van der Waals surface area (Å²) in [6.45, 7) is 1.78. The Labute approximate surface area is 91.8 Å². The lowest BCUT2D eigenvalue weighted by molar-refractivity contribution is 0.160. The van der Waals surface area contributed by atoms with Crippen molar-refractivity contribution in [1.29, 1.82) is 0 Å². The summed E-state index contributed by atoms with van der Waals surface area (Å²) in [5.41, 5.74) is -0.370. The predicted octanol–water partition coefficient (Wildman–Crippen LogP) is 0.554. The van der Waals surface area contributed by atoms with E-state index < -0.39 is 0 Å². The fourth-order valence-corrected chi connectivity index (χ4v) is 1.68. The maximum absolute atomic E-state index is 11.2. The molecule has 15 heavy (non-hydrogen) atoms. The molecule has 0 saturated carbocycles. The first-order chi connectivity index (χ1) is 7.27. The van der Waals surface area contributed by atoms with E-state index in [1.165, 1.54) is 6.33 Å². The third kappa shape index (κ3) is 2.49. The molecule has 1 unspecified atom stereocenters. The van der Waals surface area contributed by atoms with Gasteiger partial charge in [0.25, 0.3) is 5.56 Å². The highest BCUT2D eigenvalue weighted by Crippen LogP contribution is 2.18. The number of ether oxygens (including phenoxy) is 1. The average Bonchev–Trinajstić information content (AvgIpc) is 2.26. The van der Waals surface area contributed by atoms with Gasteiger partial charge in [-0.1, -0.05) is 11.6 Å². The summed E-state index contributed by atoms with van der Waals surface area (Å²) in [5.74, 6) is 0.217. The molecule has 82 valence electrons. The Kier molecular flexibility index (Phi) is 3.23. The van der Waals surface area contributed by atoms with Gasteiger partial charge in [0.05, 0.1) is 6.33 Å². The van der Waals surface area contributed by atoms with Gasteiger partial charge < -0.3 is 15.0 Å². The van der Waals surface area contributed by atoms with Gasteiger partial charge in [0, 0.05) is 6.54 Å². The topological polar surface area (TPSA) is 67.0 Å². The number of H-pyrrole nitrogens is 1. The van der Waals surface area contributed by atoms with Gasteiger partial charge in [-0.05, 0) is 19.4 Å². The number of aromatic nitrogens is 2. The maximum Gasteiger partial charge on any atom is 0.273 e. The summed E-state index contributed by atoms with van der Waals surface area (Å²) >= 11 is 5.76. The first-order valence-electron chi connectivity index (χ1n) is 4.88. The highest BCUT2D eigenvalue weighted by molar-refractivity contribution is 6.31. The van der Waals surface area contributed by atoms with E-state index in [0.29, 0.717) is 0 Å². The third-order valence-corrected chi connectivity index (χ3v) is 2.63. The molecule has 1 aromatic rings. The zero-order valence-electron chi connectivity index (χ0n) is 8.12. The summed E-state index contributed by atoms with van der Waals surface area (Å²) in [7, 11) is 0. The number of nitrogens with one attached hydrogen (secondary N) is 2. The van der Waals surface area contributed by atoms with Crippen LogP contribution >= 0.6 is 11.6 Å². The molecule has 0 aliphatic carbocycles. The van der Waals surface area contributed by atoms with Crippen molar-refractivity contribution in [3.63, 3.8) is 0 Å². The molecule has 0 spiro atoms. The standard InChI is InChI=1S/C9H12ClN3O2/c10-7-8(14)12-5-13-9(7)15-6-2-1-3-11-4-6/h5-6,11H,1-4H2,(H,12,13,14). The van der Waals surface area contributed by atoms with Crippen molar-refractivity contribution in [2.75, 3.05) is 13.1 Å². The molecular formula is C9H12ClN3O2. The molecule has 1 aliphatic rings. The van der Waals surface area contributed by atoms with Crippen LogP contribution in [0.2, 0.25) is 5.02 Å². The minimum atomic E-state index is -0.370. The number of rotatable bonds is 2. The van der Waals surface area contributed by atoms with E-state index in [4.69, 9.17) is 16.3 Å². The van der Waals surface area contributed by atoms with Gasteiger partial charge in [-0.3, -0.25) is 4.79 Å². The quantitative estimate of drug-likeness (QED) is 0.778. The molecule has 2 rings (SSSR count). The van der Waals surface area contributed by atoms with Crippen LogP contribution in [0.1, 0.15) is 12.8 Å². The second kappa shape index (κ2) is 4.63. The molecule has 2 N–H and O–H groups in total. The third-order valence-electron chi connectivity index (χ3n) is 2.29. The van der Waals surface area contributed by atoms with E-state index in [0.717, 1.165) is 25.9 Å². The first kappa shape index (κ1) is 10.4. The molecule has 1 aliphatic heterocycles. The molecular weight excluding hydrogens is 218 g/mol. The van der Waals surface area contributed by atoms with Gasteiger partial charge in [0.2, 0.25) is 5.88 Å². The lowest BCUT2D eigenvalue weighted by Gasteiger charge is -2.23. The molecule has 0 amide bonds. The van der Waals surface area contributed by atoms with Crippen LogP contribution in [0.25, 0.3) is 0 Å². The molecule has 6 heteroatoms. The highest BCUT2D eigenvalue weighted by atomic mass is 35.5. The molecule has 0 radical (unpaired) electrons. The predicted molar refractivity (Wildman–Crippen MR) is 56.4 cm³/mol. The van der Waals surface area contributed by atoms with Gasteiger partial charge in [0.1, 0.15) is 6.10 Å². The molecule has 5 nitrogen and oxygen atoms in total. The summed E-state index contributed by atoms with van der Waals surface area (Å²) in [6.07, 6.45) is 3.36. The van der Waals surface area contributed by atoms with Crippen LogP contribution in [0.15, 0.2) is 11.1 Å². The fraction of sp³-hybridized carbons (Fsp3) is 0.556. The molecule has 2 heterocycles. The second-order valence-electron chi connectivity index (χ2n) is 3.44. The Hall–Kier alpha value is -1.07. The molecule has 0 aromatic carbocycles. The van der Waals surface area contributed by atoms with Gasteiger partial charge in [-0.15, -0.1) is 0 Å². The SMILES string of the molecule is O=c1[nH]cnc(OC2CCCNC2)c1Cl. The van der Waals surface area contributed by atoms with Crippen LogP contribution in [0.5, 0.6) is 5.88 Å². The molecule has 1 aromatic heterocycles. The minimum Gasteiger partial charge on any atom is -0.472 e. The van der Waals surface area contributed by atoms with E-state index in [9.17, 15) is 4.79 Å². The number of nitrogens with zero attached hydrogens (tertiary/aromatic N) is 1. The summed E-state index contributed by atoms with van der Waals surface area (Å²) < 4.78 is 5.54. The molecule has 1 atom stereocenters. The van der Waals surface area contributed by atoms with Gasteiger partial charge in [-0.25, -0.2) is 4.98 Å². The Bertz CT molecular complexity index is 387. The number of halogens is 1. The lowest BCUT2D eigenvalue weighted by Crippen LogP contribution is -2.37. The lowest BCUT2D eigenvalue weighted by atomic mass is 10.1. The number of hydrogen-bond donors (Lipinski definition) is 2. The van der Waals surface area contributed by atoms with E-state index >= 15 is 0 Å². The van der Waals surface area contributed by atoms with Crippen molar-refractivity contribution >= 4 is 11.6 Å². The monoisotopic (exact) mass is 229 g/mol. The summed E-state index contributed by atoms with van der Waals surface area (Å²) in [5, 5.41) is 3.22. The van der Waals surface area contributed by atoms with Gasteiger partial charge in [0.15, 0.2) is 5.02 Å². The smallest absolute Gasteiger partial charge is 0.273 e. The highest BCUT2D eigenvalue weighted by Gasteiger charge is 2.17. The van der Waals surface area contributed by atoms with E-state index in [1.807, 2.05) is 0 Å². The van der Waals surface area contributed by atoms with Crippen molar-refractivity contribution in [1.82, 2.24) is 15.3 Å². The minimum absolute atomic E-state index is 0.0167. The van der Waals surface area contributed by atoms with Crippen molar-refractivity contribution in [3.8, 4) is 5.88 Å². The number of hydrogen-bond acceptors (Lipinski definition) is 4. The summed E-state index contributed by atoms with van der Waals surface area (Å²) in [6, 6.07) is 0. The molecule has 1 fully saturated rings. The van der Waals surface area contributed by atoms with Crippen molar-refractivity contribution < 1.29 is 4.74 Å². The Morgan fingerprint density at radius 3 is 3.20 bits per heavy atom. The fourth-order valence-electron chi connectivity index (χ4n) is 1.53. The summed E-state index contributed by atoms with van der Waals surface area (Å²) in [4.78, 5) is 17.4. The van der Waals surface area contributed by atoms with Crippen LogP contribution < -0.4 is 15.6 Å².